The van der Waals surface area contributed by atoms with Gasteiger partial charge < -0.3 is 15.1 Å². The Morgan fingerprint density at radius 1 is 1.30 bits per heavy atom. The molecule has 0 radical (unpaired) electrons. The number of aliphatic hydroxyl groups is 2. The fraction of sp³-hybridized carbons (Fsp3) is 0.938. The summed E-state index contributed by atoms with van der Waals surface area (Å²) in [5.41, 5.74) is -1.61. The Bertz CT molecular complexity index is 359. The third-order valence-corrected chi connectivity index (χ3v) is 4.91. The van der Waals surface area contributed by atoms with E-state index < -0.39 is 11.2 Å². The molecule has 1 aliphatic carbocycles. The molecule has 0 aromatic heterocycles. The van der Waals surface area contributed by atoms with E-state index in [9.17, 15) is 15.0 Å². The Labute approximate surface area is 122 Å². The summed E-state index contributed by atoms with van der Waals surface area (Å²) in [4.78, 5) is 14.3. The van der Waals surface area contributed by atoms with Crippen LogP contribution in [0.2, 0.25) is 0 Å². The zero-order valence-corrected chi connectivity index (χ0v) is 13.1. The van der Waals surface area contributed by atoms with E-state index >= 15 is 0 Å². The Kier molecular flexibility index (Phi) is 4.45. The van der Waals surface area contributed by atoms with Gasteiger partial charge in [-0.3, -0.25) is 4.79 Å². The highest BCUT2D eigenvalue weighted by Crippen LogP contribution is 2.41. The number of carbonyl (C=O) groups is 1. The van der Waals surface area contributed by atoms with Gasteiger partial charge in [-0.05, 0) is 46.5 Å². The molecule has 2 aliphatic rings. The number of carbonyl (C=O) groups excluding carboxylic acids is 1. The molecule has 0 bridgehead atoms. The molecule has 1 aliphatic heterocycles. The van der Waals surface area contributed by atoms with Crippen LogP contribution in [0.25, 0.3) is 0 Å². The zero-order chi connectivity index (χ0) is 15.0. The number of nitrogens with zero attached hydrogens (tertiary/aromatic N) is 1. The van der Waals surface area contributed by atoms with Gasteiger partial charge in [0, 0.05) is 18.5 Å². The van der Waals surface area contributed by atoms with Crippen molar-refractivity contribution in [3.63, 3.8) is 0 Å². The molecule has 1 saturated heterocycles. The summed E-state index contributed by atoms with van der Waals surface area (Å²) in [6.07, 6.45) is 6.22. The molecule has 1 amide bonds. The lowest BCUT2D eigenvalue weighted by Crippen LogP contribution is -2.51. The summed E-state index contributed by atoms with van der Waals surface area (Å²) in [5, 5.41) is 20.5. The minimum Gasteiger partial charge on any atom is -0.390 e. The zero-order valence-electron chi connectivity index (χ0n) is 13.1. The maximum Gasteiger partial charge on any atom is 0.225 e. The van der Waals surface area contributed by atoms with Crippen molar-refractivity contribution in [3.05, 3.63) is 0 Å². The monoisotopic (exact) mass is 283 g/mol. The topological polar surface area (TPSA) is 60.8 Å². The number of hydrogen-bond donors (Lipinski definition) is 2. The van der Waals surface area contributed by atoms with Crippen LogP contribution < -0.4 is 0 Å². The van der Waals surface area contributed by atoms with Gasteiger partial charge in [-0.15, -0.1) is 0 Å². The molecule has 0 spiro atoms. The summed E-state index contributed by atoms with van der Waals surface area (Å²) in [6.45, 7) is 6.04. The van der Waals surface area contributed by atoms with Crippen LogP contribution >= 0.6 is 0 Å². The first-order valence-electron chi connectivity index (χ1n) is 7.95. The van der Waals surface area contributed by atoms with Crippen molar-refractivity contribution in [1.29, 1.82) is 0 Å². The lowest BCUT2D eigenvalue weighted by molar-refractivity contribution is -0.140. The largest absolute Gasteiger partial charge is 0.390 e. The maximum atomic E-state index is 12.4. The van der Waals surface area contributed by atoms with Crippen LogP contribution in [0.4, 0.5) is 0 Å². The molecule has 1 saturated carbocycles. The number of rotatable bonds is 3. The van der Waals surface area contributed by atoms with Crippen molar-refractivity contribution in [2.45, 2.75) is 83.0 Å². The molecule has 116 valence electrons. The predicted molar refractivity (Wildman–Crippen MR) is 78.2 cm³/mol. The minimum atomic E-state index is -0.959. The highest BCUT2D eigenvalue weighted by molar-refractivity contribution is 5.77. The van der Waals surface area contributed by atoms with Gasteiger partial charge >= 0.3 is 0 Å². The van der Waals surface area contributed by atoms with E-state index in [1.165, 1.54) is 0 Å². The van der Waals surface area contributed by atoms with E-state index in [4.69, 9.17) is 0 Å². The highest BCUT2D eigenvalue weighted by atomic mass is 16.3. The van der Waals surface area contributed by atoms with Crippen LogP contribution in [0, 0.1) is 5.92 Å². The minimum absolute atomic E-state index is 0.0290. The molecule has 2 fully saturated rings. The third-order valence-electron chi connectivity index (χ3n) is 4.91. The molecule has 4 heteroatoms. The second-order valence-corrected chi connectivity index (χ2v) is 7.50. The number of amides is 1. The standard InChI is InChI=1S/C16H29NO3/c1-15(2,19)11-14(18)17-10-6-8-13(17)12-7-4-5-9-16(12,3)20/h12-13,19-20H,4-11H2,1-3H3. The smallest absolute Gasteiger partial charge is 0.225 e. The van der Waals surface area contributed by atoms with E-state index in [0.29, 0.717) is 0 Å². The second kappa shape index (κ2) is 5.64. The summed E-state index contributed by atoms with van der Waals surface area (Å²) in [7, 11) is 0. The lowest BCUT2D eigenvalue weighted by atomic mass is 9.72. The van der Waals surface area contributed by atoms with Gasteiger partial charge in [0.1, 0.15) is 0 Å². The third kappa shape index (κ3) is 3.53. The van der Waals surface area contributed by atoms with Gasteiger partial charge in [-0.1, -0.05) is 12.8 Å². The summed E-state index contributed by atoms with van der Waals surface area (Å²) in [5.74, 6) is 0.214. The molecule has 0 aromatic rings. The van der Waals surface area contributed by atoms with Crippen LogP contribution in [0.5, 0.6) is 0 Å². The molecule has 4 nitrogen and oxygen atoms in total. The Morgan fingerprint density at radius 2 is 2.00 bits per heavy atom. The van der Waals surface area contributed by atoms with E-state index in [-0.39, 0.29) is 24.3 Å². The fourth-order valence-corrected chi connectivity index (χ4v) is 3.94. The first kappa shape index (κ1) is 15.8. The first-order chi connectivity index (χ1) is 9.21. The van der Waals surface area contributed by atoms with Gasteiger partial charge in [-0.2, -0.15) is 0 Å². The highest BCUT2D eigenvalue weighted by Gasteiger charge is 2.44. The van der Waals surface area contributed by atoms with Crippen molar-refractivity contribution in [2.75, 3.05) is 6.54 Å². The average molecular weight is 283 g/mol. The molecule has 1 heterocycles. The van der Waals surface area contributed by atoms with E-state index in [1.54, 1.807) is 13.8 Å². The van der Waals surface area contributed by atoms with Gasteiger partial charge in [0.25, 0.3) is 0 Å². The van der Waals surface area contributed by atoms with E-state index in [0.717, 1.165) is 45.1 Å². The van der Waals surface area contributed by atoms with E-state index in [2.05, 4.69) is 0 Å². The Morgan fingerprint density at radius 3 is 2.60 bits per heavy atom. The normalized spacial score (nSPS) is 35.4. The molecular weight excluding hydrogens is 254 g/mol. The van der Waals surface area contributed by atoms with Crippen LogP contribution in [0.15, 0.2) is 0 Å². The van der Waals surface area contributed by atoms with Crippen molar-refractivity contribution in [3.8, 4) is 0 Å². The van der Waals surface area contributed by atoms with E-state index in [1.807, 2.05) is 11.8 Å². The van der Waals surface area contributed by atoms with Crippen LogP contribution in [0.1, 0.15) is 65.7 Å². The molecular formula is C16H29NO3. The van der Waals surface area contributed by atoms with Crippen LogP contribution in [0.3, 0.4) is 0 Å². The number of likely N-dealkylation sites (tertiary alicyclic amines) is 1. The molecule has 0 aromatic carbocycles. The molecule has 2 rings (SSSR count). The van der Waals surface area contributed by atoms with Crippen molar-refractivity contribution >= 4 is 5.91 Å². The molecule has 3 unspecified atom stereocenters. The average Bonchev–Trinajstić information content (AvgIpc) is 2.74. The summed E-state index contributed by atoms with van der Waals surface area (Å²) < 4.78 is 0. The van der Waals surface area contributed by atoms with Crippen LogP contribution in [-0.4, -0.2) is 44.8 Å². The molecule has 2 N–H and O–H groups in total. The lowest BCUT2D eigenvalue weighted by Gasteiger charge is -2.43. The van der Waals surface area contributed by atoms with Crippen molar-refractivity contribution in [2.24, 2.45) is 5.92 Å². The van der Waals surface area contributed by atoms with Gasteiger partial charge in [0.15, 0.2) is 0 Å². The van der Waals surface area contributed by atoms with Crippen molar-refractivity contribution in [1.82, 2.24) is 4.90 Å². The quantitative estimate of drug-likeness (QED) is 0.833. The Balaban J connectivity index is 2.08. The fourth-order valence-electron chi connectivity index (χ4n) is 3.94. The van der Waals surface area contributed by atoms with Gasteiger partial charge in [0.05, 0.1) is 17.6 Å². The number of hydrogen-bond acceptors (Lipinski definition) is 3. The Hall–Kier alpha value is -0.610. The van der Waals surface area contributed by atoms with Gasteiger partial charge in [0.2, 0.25) is 5.91 Å². The first-order valence-corrected chi connectivity index (χ1v) is 7.95. The summed E-state index contributed by atoms with van der Waals surface area (Å²) >= 11 is 0. The second-order valence-electron chi connectivity index (χ2n) is 7.50. The van der Waals surface area contributed by atoms with Gasteiger partial charge in [-0.25, -0.2) is 0 Å². The predicted octanol–water partition coefficient (Wildman–Crippen LogP) is 2.08. The molecule has 20 heavy (non-hydrogen) atoms. The van der Waals surface area contributed by atoms with Crippen molar-refractivity contribution < 1.29 is 15.0 Å². The maximum absolute atomic E-state index is 12.4. The molecule has 3 atom stereocenters. The summed E-state index contributed by atoms with van der Waals surface area (Å²) in [6, 6.07) is 0.153. The SMILES string of the molecule is CC(C)(O)CC(=O)N1CCCC1C1CCCCC1(C)O. The van der Waals surface area contributed by atoms with Crippen LogP contribution in [-0.2, 0) is 4.79 Å².